The van der Waals surface area contributed by atoms with Gasteiger partial charge in [0.25, 0.3) is 5.91 Å². The molecule has 0 bridgehead atoms. The van der Waals surface area contributed by atoms with Crippen LogP contribution in [0, 0.1) is 6.92 Å². The van der Waals surface area contributed by atoms with Crippen molar-refractivity contribution >= 4 is 22.4 Å². The van der Waals surface area contributed by atoms with Gasteiger partial charge in [-0.2, -0.15) is 0 Å². The first-order valence-electron chi connectivity index (χ1n) is 7.23. The number of nitrogens with zero attached hydrogens (tertiary/aromatic N) is 1. The molecule has 3 aromatic carbocycles. The third kappa shape index (κ3) is 1.79. The van der Waals surface area contributed by atoms with E-state index in [1.54, 1.807) is 11.9 Å². The minimum Gasteiger partial charge on any atom is -0.457 e. The molecule has 3 heteroatoms. The second-order valence-electron chi connectivity index (χ2n) is 5.59. The molecule has 1 amide bonds. The largest absolute Gasteiger partial charge is 0.457 e. The third-order valence-electron chi connectivity index (χ3n) is 4.12. The molecule has 0 spiro atoms. The van der Waals surface area contributed by atoms with Crippen LogP contribution in [0.3, 0.4) is 0 Å². The Labute approximate surface area is 128 Å². The SMILES string of the molecule is Cc1ccc(Oc2ccc3c4c(cccc24)C(=O)N3C)cc1. The van der Waals surface area contributed by atoms with E-state index in [1.165, 1.54) is 5.56 Å². The van der Waals surface area contributed by atoms with E-state index in [9.17, 15) is 4.79 Å². The summed E-state index contributed by atoms with van der Waals surface area (Å²) in [5, 5.41) is 1.94. The Morgan fingerprint density at radius 1 is 0.955 bits per heavy atom. The molecule has 3 nitrogen and oxygen atoms in total. The van der Waals surface area contributed by atoms with Crippen LogP contribution < -0.4 is 9.64 Å². The van der Waals surface area contributed by atoms with E-state index in [2.05, 4.69) is 0 Å². The minimum atomic E-state index is 0.0353. The first-order chi connectivity index (χ1) is 10.6. The maximum absolute atomic E-state index is 12.3. The van der Waals surface area contributed by atoms with Crippen molar-refractivity contribution in [1.29, 1.82) is 0 Å². The van der Waals surface area contributed by atoms with Crippen LogP contribution in [0.5, 0.6) is 11.5 Å². The second kappa shape index (κ2) is 4.60. The zero-order valence-corrected chi connectivity index (χ0v) is 12.5. The van der Waals surface area contributed by atoms with E-state index in [0.29, 0.717) is 0 Å². The fraction of sp³-hybridized carbons (Fsp3) is 0.105. The topological polar surface area (TPSA) is 29.5 Å². The molecule has 108 valence electrons. The molecule has 0 aliphatic carbocycles. The predicted octanol–water partition coefficient (Wildman–Crippen LogP) is 4.53. The lowest BCUT2D eigenvalue weighted by Crippen LogP contribution is -2.20. The summed E-state index contributed by atoms with van der Waals surface area (Å²) in [7, 11) is 1.80. The van der Waals surface area contributed by atoms with Gasteiger partial charge in [0.05, 0.1) is 5.69 Å². The molecule has 0 saturated heterocycles. The molecule has 1 aliphatic heterocycles. The number of amides is 1. The summed E-state index contributed by atoms with van der Waals surface area (Å²) in [5.41, 5.74) is 2.87. The Bertz CT molecular complexity index is 897. The standard InChI is InChI=1S/C19H15NO2/c1-12-6-8-13(9-7-12)22-17-11-10-16-18-14(17)4-3-5-15(18)19(21)20(16)2/h3-11H,1-2H3. The van der Waals surface area contributed by atoms with Crippen LogP contribution in [0.15, 0.2) is 54.6 Å². The molecule has 0 saturated carbocycles. The van der Waals surface area contributed by atoms with Crippen LogP contribution in [0.25, 0.3) is 10.8 Å². The Kier molecular flexibility index (Phi) is 2.70. The lowest BCUT2D eigenvalue weighted by atomic mass is 10.0. The van der Waals surface area contributed by atoms with Gasteiger partial charge in [-0.25, -0.2) is 0 Å². The van der Waals surface area contributed by atoms with E-state index < -0.39 is 0 Å². The van der Waals surface area contributed by atoms with Gasteiger partial charge in [-0.1, -0.05) is 29.8 Å². The summed E-state index contributed by atoms with van der Waals surface area (Å²) in [4.78, 5) is 14.0. The molecule has 4 rings (SSSR count). The highest BCUT2D eigenvalue weighted by Crippen LogP contribution is 2.41. The molecule has 0 aromatic heterocycles. The van der Waals surface area contributed by atoms with Crippen molar-refractivity contribution in [2.75, 3.05) is 11.9 Å². The van der Waals surface area contributed by atoms with Crippen LogP contribution in [-0.2, 0) is 0 Å². The third-order valence-corrected chi connectivity index (χ3v) is 4.12. The van der Waals surface area contributed by atoms with Crippen LogP contribution in [0.2, 0.25) is 0 Å². The fourth-order valence-corrected chi connectivity index (χ4v) is 2.93. The van der Waals surface area contributed by atoms with Gasteiger partial charge >= 0.3 is 0 Å². The number of hydrogen-bond donors (Lipinski definition) is 0. The molecule has 0 N–H and O–H groups in total. The van der Waals surface area contributed by atoms with E-state index in [0.717, 1.165) is 33.5 Å². The van der Waals surface area contributed by atoms with Crippen molar-refractivity contribution in [3.63, 3.8) is 0 Å². The number of carbonyl (C=O) groups is 1. The molecule has 3 aromatic rings. The van der Waals surface area contributed by atoms with Crippen molar-refractivity contribution in [3.8, 4) is 11.5 Å². The number of aryl methyl sites for hydroxylation is 1. The summed E-state index contributed by atoms with van der Waals surface area (Å²) in [6, 6.07) is 17.6. The number of hydrogen-bond acceptors (Lipinski definition) is 2. The lowest BCUT2D eigenvalue weighted by Gasteiger charge is -2.12. The maximum Gasteiger partial charge on any atom is 0.258 e. The first kappa shape index (κ1) is 12.9. The molecule has 22 heavy (non-hydrogen) atoms. The van der Waals surface area contributed by atoms with E-state index in [-0.39, 0.29) is 5.91 Å². The number of rotatable bonds is 2. The molecule has 1 aliphatic rings. The van der Waals surface area contributed by atoms with Gasteiger partial charge in [0, 0.05) is 23.4 Å². The zero-order chi connectivity index (χ0) is 15.3. The summed E-state index contributed by atoms with van der Waals surface area (Å²) in [6.07, 6.45) is 0. The normalized spacial score (nSPS) is 13.0. The van der Waals surface area contributed by atoms with Crippen LogP contribution >= 0.6 is 0 Å². The van der Waals surface area contributed by atoms with Gasteiger partial charge in [0.2, 0.25) is 0 Å². The first-order valence-corrected chi connectivity index (χ1v) is 7.23. The highest BCUT2D eigenvalue weighted by molar-refractivity contribution is 6.25. The monoisotopic (exact) mass is 289 g/mol. The van der Waals surface area contributed by atoms with Crippen molar-refractivity contribution in [3.05, 3.63) is 65.7 Å². The molecule has 0 atom stereocenters. The van der Waals surface area contributed by atoms with Gasteiger partial charge in [0.1, 0.15) is 11.5 Å². The maximum atomic E-state index is 12.3. The van der Waals surface area contributed by atoms with Gasteiger partial charge in [-0.15, -0.1) is 0 Å². The van der Waals surface area contributed by atoms with Crippen molar-refractivity contribution in [2.45, 2.75) is 6.92 Å². The predicted molar refractivity (Wildman–Crippen MR) is 87.9 cm³/mol. The molecular weight excluding hydrogens is 274 g/mol. The van der Waals surface area contributed by atoms with Crippen molar-refractivity contribution < 1.29 is 9.53 Å². The van der Waals surface area contributed by atoms with Crippen LogP contribution in [0.1, 0.15) is 15.9 Å². The Morgan fingerprint density at radius 2 is 1.73 bits per heavy atom. The quantitative estimate of drug-likeness (QED) is 0.693. The van der Waals surface area contributed by atoms with E-state index in [4.69, 9.17) is 4.74 Å². The Hall–Kier alpha value is -2.81. The average Bonchev–Trinajstić information content (AvgIpc) is 2.79. The van der Waals surface area contributed by atoms with Gasteiger partial charge in [-0.3, -0.25) is 4.79 Å². The summed E-state index contributed by atoms with van der Waals surface area (Å²) in [5.74, 6) is 1.60. The molecule has 0 unspecified atom stereocenters. The van der Waals surface area contributed by atoms with E-state index >= 15 is 0 Å². The molecule has 1 heterocycles. The average molecular weight is 289 g/mol. The summed E-state index contributed by atoms with van der Waals surface area (Å²) < 4.78 is 6.03. The Balaban J connectivity index is 1.87. The number of ether oxygens (including phenoxy) is 1. The van der Waals surface area contributed by atoms with Gasteiger partial charge < -0.3 is 9.64 Å². The highest BCUT2D eigenvalue weighted by atomic mass is 16.5. The molecule has 0 fully saturated rings. The van der Waals surface area contributed by atoms with Crippen LogP contribution in [-0.4, -0.2) is 13.0 Å². The highest BCUT2D eigenvalue weighted by Gasteiger charge is 2.27. The molecular formula is C19H15NO2. The number of carbonyl (C=O) groups excluding carboxylic acids is 1. The molecule has 0 radical (unpaired) electrons. The van der Waals surface area contributed by atoms with E-state index in [1.807, 2.05) is 61.5 Å². The summed E-state index contributed by atoms with van der Waals surface area (Å²) >= 11 is 0. The van der Waals surface area contributed by atoms with Crippen molar-refractivity contribution in [1.82, 2.24) is 0 Å². The Morgan fingerprint density at radius 3 is 2.50 bits per heavy atom. The second-order valence-corrected chi connectivity index (χ2v) is 5.59. The summed E-state index contributed by atoms with van der Waals surface area (Å²) in [6.45, 7) is 2.05. The van der Waals surface area contributed by atoms with Crippen molar-refractivity contribution in [2.24, 2.45) is 0 Å². The zero-order valence-electron chi connectivity index (χ0n) is 12.5. The number of anilines is 1. The number of benzene rings is 3. The fourth-order valence-electron chi connectivity index (χ4n) is 2.93. The lowest BCUT2D eigenvalue weighted by molar-refractivity contribution is 0.0999. The smallest absolute Gasteiger partial charge is 0.258 e. The van der Waals surface area contributed by atoms with Gasteiger partial charge in [-0.05, 0) is 37.3 Å². The minimum absolute atomic E-state index is 0.0353. The van der Waals surface area contributed by atoms with Gasteiger partial charge in [0.15, 0.2) is 0 Å². The van der Waals surface area contributed by atoms with Crippen LogP contribution in [0.4, 0.5) is 5.69 Å².